The molecule has 0 aromatic rings. The predicted molar refractivity (Wildman–Crippen MR) is 170 cm³/mol. The highest BCUT2D eigenvalue weighted by Crippen LogP contribution is 2.10. The van der Waals surface area contributed by atoms with Gasteiger partial charge in [0.05, 0.1) is 18.8 Å². The number of unbranched alkanes of at least 4 members (excludes halogenated alkanes) is 15. The lowest BCUT2D eigenvalue weighted by Gasteiger charge is -2.20. The molecule has 0 bridgehead atoms. The maximum Gasteiger partial charge on any atom is 0.220 e. The summed E-state index contributed by atoms with van der Waals surface area (Å²) in [4.78, 5) is 12.2. The van der Waals surface area contributed by atoms with Gasteiger partial charge in [-0.3, -0.25) is 4.79 Å². The molecule has 0 aliphatic heterocycles. The summed E-state index contributed by atoms with van der Waals surface area (Å²) in [6.07, 6.45) is 40.6. The maximum atomic E-state index is 12.2. The van der Waals surface area contributed by atoms with Crippen molar-refractivity contribution in [2.45, 2.75) is 161 Å². The van der Waals surface area contributed by atoms with Gasteiger partial charge < -0.3 is 15.5 Å². The van der Waals surface area contributed by atoms with E-state index in [0.717, 1.165) is 51.4 Å². The monoisotopic (exact) mass is 545 g/mol. The highest BCUT2D eigenvalue weighted by Gasteiger charge is 2.17. The summed E-state index contributed by atoms with van der Waals surface area (Å²) >= 11 is 0. The van der Waals surface area contributed by atoms with E-state index in [4.69, 9.17) is 0 Å². The molecule has 3 N–H and O–H groups in total. The van der Waals surface area contributed by atoms with Crippen molar-refractivity contribution in [2.75, 3.05) is 6.61 Å². The first-order valence-corrected chi connectivity index (χ1v) is 16.4. The topological polar surface area (TPSA) is 69.6 Å². The van der Waals surface area contributed by atoms with Crippen molar-refractivity contribution in [1.29, 1.82) is 0 Å². The van der Waals surface area contributed by atoms with Crippen LogP contribution in [0, 0.1) is 0 Å². The Hall–Kier alpha value is -1.65. The molecule has 4 nitrogen and oxygen atoms in total. The van der Waals surface area contributed by atoms with Gasteiger partial charge >= 0.3 is 0 Å². The van der Waals surface area contributed by atoms with Crippen molar-refractivity contribution >= 4 is 5.91 Å². The molecule has 0 aliphatic rings. The Labute approximate surface area is 242 Å². The molecule has 0 radical (unpaired) electrons. The van der Waals surface area contributed by atoms with Gasteiger partial charge in [0.2, 0.25) is 5.91 Å². The van der Waals surface area contributed by atoms with Crippen LogP contribution in [-0.4, -0.2) is 34.9 Å². The number of carbonyl (C=O) groups is 1. The number of rotatable bonds is 28. The van der Waals surface area contributed by atoms with Crippen LogP contribution in [0.3, 0.4) is 0 Å². The Morgan fingerprint density at radius 3 is 1.59 bits per heavy atom. The predicted octanol–water partition coefficient (Wildman–Crippen LogP) is 9.28. The van der Waals surface area contributed by atoms with E-state index in [1.807, 2.05) is 6.08 Å². The summed E-state index contributed by atoms with van der Waals surface area (Å²) < 4.78 is 0. The van der Waals surface area contributed by atoms with Crippen LogP contribution >= 0.6 is 0 Å². The number of amides is 1. The van der Waals surface area contributed by atoms with Gasteiger partial charge in [-0.25, -0.2) is 0 Å². The fourth-order valence-electron chi connectivity index (χ4n) is 4.48. The molecule has 4 heteroatoms. The summed E-state index contributed by atoms with van der Waals surface area (Å²) in [7, 11) is 0. The number of allylic oxidation sites excluding steroid dienone is 7. The average molecular weight is 546 g/mol. The standard InChI is InChI=1S/C35H63NO3/c1-3-5-7-9-11-12-13-14-15-16-17-18-19-20-21-22-23-24-25-27-29-31-35(39)36-33(32-37)34(38)30-28-26-10-8-6-4-2/h13-14,16-17,19-20,28,30,33-34,37-38H,3-12,15,18,21-27,29,31-32H2,1-2H3,(H,36,39)/b14-13-,17-16-,20-19-,30-28+. The first-order valence-electron chi connectivity index (χ1n) is 16.4. The normalized spacial score (nSPS) is 13.8. The van der Waals surface area contributed by atoms with E-state index in [2.05, 4.69) is 55.6 Å². The van der Waals surface area contributed by atoms with Crippen LogP contribution in [0.25, 0.3) is 0 Å². The molecule has 0 aliphatic carbocycles. The van der Waals surface area contributed by atoms with Gasteiger partial charge in [-0.15, -0.1) is 0 Å². The molecule has 0 heterocycles. The number of hydrogen-bond donors (Lipinski definition) is 3. The van der Waals surface area contributed by atoms with Crippen LogP contribution in [0.1, 0.15) is 149 Å². The molecular formula is C35H63NO3. The summed E-state index contributed by atoms with van der Waals surface area (Å²) in [5.41, 5.74) is 0. The highest BCUT2D eigenvalue weighted by atomic mass is 16.3. The van der Waals surface area contributed by atoms with Crippen LogP contribution in [-0.2, 0) is 4.79 Å². The Morgan fingerprint density at radius 1 is 0.615 bits per heavy atom. The minimum Gasteiger partial charge on any atom is -0.394 e. The fourth-order valence-corrected chi connectivity index (χ4v) is 4.48. The van der Waals surface area contributed by atoms with Crippen LogP contribution < -0.4 is 5.32 Å². The first kappa shape index (κ1) is 37.4. The molecule has 0 saturated carbocycles. The molecule has 0 aromatic carbocycles. The second-order valence-corrected chi connectivity index (χ2v) is 10.9. The number of nitrogens with one attached hydrogen (secondary N) is 1. The van der Waals surface area contributed by atoms with Gasteiger partial charge in [0.1, 0.15) is 0 Å². The average Bonchev–Trinajstić information content (AvgIpc) is 2.94. The summed E-state index contributed by atoms with van der Waals surface area (Å²) in [6.45, 7) is 4.19. The van der Waals surface area contributed by atoms with Gasteiger partial charge in [0.25, 0.3) is 0 Å². The third kappa shape index (κ3) is 27.7. The maximum absolute atomic E-state index is 12.2. The second kappa shape index (κ2) is 30.9. The van der Waals surface area contributed by atoms with Crippen molar-refractivity contribution in [3.8, 4) is 0 Å². The Bertz CT molecular complexity index is 638. The third-order valence-corrected chi connectivity index (χ3v) is 7.06. The van der Waals surface area contributed by atoms with Gasteiger partial charge in [0, 0.05) is 6.42 Å². The molecule has 1 amide bonds. The summed E-state index contributed by atoms with van der Waals surface area (Å²) in [5, 5.41) is 22.6. The number of aliphatic hydroxyl groups is 2. The zero-order valence-electron chi connectivity index (χ0n) is 25.6. The van der Waals surface area contributed by atoms with Crippen LogP contribution in [0.15, 0.2) is 48.6 Å². The van der Waals surface area contributed by atoms with Gasteiger partial charge in [-0.1, -0.05) is 133 Å². The van der Waals surface area contributed by atoms with Crippen molar-refractivity contribution in [3.05, 3.63) is 48.6 Å². The van der Waals surface area contributed by atoms with E-state index in [9.17, 15) is 15.0 Å². The van der Waals surface area contributed by atoms with Crippen molar-refractivity contribution in [1.82, 2.24) is 5.32 Å². The number of carbonyl (C=O) groups excluding carboxylic acids is 1. The smallest absolute Gasteiger partial charge is 0.220 e. The Balaban J connectivity index is 3.63. The molecule has 2 unspecified atom stereocenters. The first-order chi connectivity index (χ1) is 19.2. The van der Waals surface area contributed by atoms with Gasteiger partial charge in [0.15, 0.2) is 0 Å². The van der Waals surface area contributed by atoms with Crippen LogP contribution in [0.2, 0.25) is 0 Å². The van der Waals surface area contributed by atoms with Gasteiger partial charge in [-0.2, -0.15) is 0 Å². The lowest BCUT2D eigenvalue weighted by molar-refractivity contribution is -0.123. The molecule has 2 atom stereocenters. The largest absolute Gasteiger partial charge is 0.394 e. The van der Waals surface area contributed by atoms with E-state index in [1.165, 1.54) is 77.0 Å². The van der Waals surface area contributed by atoms with E-state index >= 15 is 0 Å². The van der Waals surface area contributed by atoms with E-state index in [0.29, 0.717) is 6.42 Å². The molecule has 39 heavy (non-hydrogen) atoms. The molecule has 0 aromatic heterocycles. The molecule has 226 valence electrons. The lowest BCUT2D eigenvalue weighted by atomic mass is 10.1. The molecule has 0 rings (SSSR count). The van der Waals surface area contributed by atoms with E-state index in [-0.39, 0.29) is 12.5 Å². The molecular weight excluding hydrogens is 482 g/mol. The minimum absolute atomic E-state index is 0.0857. The van der Waals surface area contributed by atoms with Crippen LogP contribution in [0.4, 0.5) is 0 Å². The van der Waals surface area contributed by atoms with E-state index < -0.39 is 12.1 Å². The number of hydrogen-bond acceptors (Lipinski definition) is 3. The van der Waals surface area contributed by atoms with Crippen molar-refractivity contribution in [3.63, 3.8) is 0 Å². The zero-order valence-corrected chi connectivity index (χ0v) is 25.6. The molecule has 0 spiro atoms. The van der Waals surface area contributed by atoms with Crippen LogP contribution in [0.5, 0.6) is 0 Å². The quantitative estimate of drug-likeness (QED) is 0.0677. The van der Waals surface area contributed by atoms with Crippen molar-refractivity contribution < 1.29 is 15.0 Å². The highest BCUT2D eigenvalue weighted by molar-refractivity contribution is 5.76. The summed E-state index contributed by atoms with van der Waals surface area (Å²) in [5.74, 6) is -0.0857. The van der Waals surface area contributed by atoms with Gasteiger partial charge in [-0.05, 0) is 57.8 Å². The van der Waals surface area contributed by atoms with Crippen molar-refractivity contribution in [2.24, 2.45) is 0 Å². The lowest BCUT2D eigenvalue weighted by Crippen LogP contribution is -2.45. The minimum atomic E-state index is -0.841. The fraction of sp³-hybridized carbons (Fsp3) is 0.743. The zero-order chi connectivity index (χ0) is 28.7. The number of aliphatic hydroxyl groups excluding tert-OH is 2. The van der Waals surface area contributed by atoms with E-state index in [1.54, 1.807) is 6.08 Å². The molecule has 0 fully saturated rings. The SMILES string of the molecule is CCCCCC/C=C/C(O)C(CO)NC(=O)CCCCCCCC/C=C\C/C=C\C/C=C\CCCCCCC. The Morgan fingerprint density at radius 2 is 1.05 bits per heavy atom. The molecule has 0 saturated heterocycles. The Kier molecular flexibility index (Phi) is 29.6. The second-order valence-electron chi connectivity index (χ2n) is 10.9. The third-order valence-electron chi connectivity index (χ3n) is 7.06. The summed E-state index contributed by atoms with van der Waals surface area (Å²) in [6, 6.07) is -0.625.